The second-order valence-electron chi connectivity index (χ2n) is 5.76. The molecule has 5 heteroatoms. The van der Waals surface area contributed by atoms with Crippen molar-refractivity contribution in [3.05, 3.63) is 54.4 Å². The van der Waals surface area contributed by atoms with Gasteiger partial charge in [-0.1, -0.05) is 18.2 Å². The summed E-state index contributed by atoms with van der Waals surface area (Å²) in [5, 5.41) is 9.12. The van der Waals surface area contributed by atoms with Crippen molar-refractivity contribution in [3.63, 3.8) is 0 Å². The number of para-hydroxylation sites is 1. The molecular formula is C18H22N4O. The maximum Gasteiger partial charge on any atom is 0.319 e. The Morgan fingerprint density at radius 3 is 2.78 bits per heavy atom. The number of amides is 2. The molecule has 0 aliphatic heterocycles. The highest BCUT2D eigenvalue weighted by molar-refractivity contribution is 5.90. The van der Waals surface area contributed by atoms with E-state index in [1.165, 1.54) is 18.4 Å². The third-order valence-electron chi connectivity index (χ3n) is 3.86. The quantitative estimate of drug-likeness (QED) is 0.685. The van der Waals surface area contributed by atoms with Crippen LogP contribution in [0.3, 0.4) is 0 Å². The summed E-state index contributed by atoms with van der Waals surface area (Å²) in [7, 11) is 0. The smallest absolute Gasteiger partial charge is 0.319 e. The van der Waals surface area contributed by atoms with Crippen molar-refractivity contribution in [1.82, 2.24) is 10.3 Å². The fourth-order valence-electron chi connectivity index (χ4n) is 2.52. The molecule has 1 aromatic carbocycles. The first-order valence-corrected chi connectivity index (χ1v) is 8.10. The number of carbonyl (C=O) groups is 1. The topological polar surface area (TPSA) is 66.0 Å². The zero-order valence-corrected chi connectivity index (χ0v) is 13.1. The van der Waals surface area contributed by atoms with Gasteiger partial charge in [-0.3, -0.25) is 4.98 Å². The van der Waals surface area contributed by atoms with Crippen LogP contribution in [-0.4, -0.2) is 24.1 Å². The van der Waals surface area contributed by atoms with Crippen molar-refractivity contribution in [1.29, 1.82) is 0 Å². The third kappa shape index (κ3) is 4.71. The molecule has 0 spiro atoms. The Balaban J connectivity index is 1.37. The lowest BCUT2D eigenvalue weighted by molar-refractivity contribution is 0.252. The number of pyridine rings is 1. The molecule has 0 bridgehead atoms. The van der Waals surface area contributed by atoms with Crippen molar-refractivity contribution in [2.45, 2.75) is 25.2 Å². The van der Waals surface area contributed by atoms with Crippen molar-refractivity contribution < 1.29 is 4.79 Å². The molecule has 2 aromatic rings. The van der Waals surface area contributed by atoms with Gasteiger partial charge in [-0.05, 0) is 48.9 Å². The van der Waals surface area contributed by atoms with Gasteiger partial charge in [0.05, 0.1) is 5.69 Å². The number of hydrogen-bond acceptors (Lipinski definition) is 3. The van der Waals surface area contributed by atoms with Gasteiger partial charge in [0.1, 0.15) is 0 Å². The van der Waals surface area contributed by atoms with Crippen molar-refractivity contribution >= 4 is 17.4 Å². The lowest BCUT2D eigenvalue weighted by Gasteiger charge is -2.11. The minimum Gasteiger partial charge on any atom is -0.384 e. The lowest BCUT2D eigenvalue weighted by Crippen LogP contribution is -2.30. The van der Waals surface area contributed by atoms with E-state index in [2.05, 4.69) is 27.0 Å². The monoisotopic (exact) mass is 310 g/mol. The van der Waals surface area contributed by atoms with Gasteiger partial charge in [-0.15, -0.1) is 0 Å². The molecule has 1 aliphatic rings. The molecule has 1 heterocycles. The summed E-state index contributed by atoms with van der Waals surface area (Å²) in [6, 6.07) is 11.8. The minimum atomic E-state index is -0.139. The average molecular weight is 310 g/mol. The summed E-state index contributed by atoms with van der Waals surface area (Å²) in [6.45, 7) is 1.43. The van der Waals surface area contributed by atoms with E-state index < -0.39 is 0 Å². The fraction of sp³-hybridized carbons (Fsp3) is 0.333. The normalized spacial score (nSPS) is 13.4. The highest BCUT2D eigenvalue weighted by atomic mass is 16.2. The number of rotatable bonds is 7. The summed E-state index contributed by atoms with van der Waals surface area (Å²) in [6.07, 6.45) is 6.83. The van der Waals surface area contributed by atoms with Gasteiger partial charge in [0.15, 0.2) is 0 Å². The van der Waals surface area contributed by atoms with Crippen molar-refractivity contribution in [3.8, 4) is 0 Å². The van der Waals surface area contributed by atoms with E-state index in [-0.39, 0.29) is 6.03 Å². The third-order valence-corrected chi connectivity index (χ3v) is 3.86. The largest absolute Gasteiger partial charge is 0.384 e. The molecule has 5 nitrogen and oxygen atoms in total. The highest BCUT2D eigenvalue weighted by Gasteiger charge is 2.26. The molecule has 0 radical (unpaired) electrons. The van der Waals surface area contributed by atoms with Crippen molar-refractivity contribution in [2.24, 2.45) is 0 Å². The molecule has 23 heavy (non-hydrogen) atoms. The molecule has 1 saturated carbocycles. The number of nitrogens with zero attached hydrogens (tertiary/aromatic N) is 1. The Morgan fingerprint density at radius 2 is 2.00 bits per heavy atom. The Bertz CT molecular complexity index is 640. The number of nitrogens with one attached hydrogen (secondary N) is 3. The van der Waals surface area contributed by atoms with Crippen LogP contribution in [0.2, 0.25) is 0 Å². The zero-order chi connectivity index (χ0) is 15.9. The summed E-state index contributed by atoms with van der Waals surface area (Å²) >= 11 is 0. The predicted molar refractivity (Wildman–Crippen MR) is 92.8 cm³/mol. The van der Waals surface area contributed by atoms with Crippen LogP contribution < -0.4 is 16.0 Å². The van der Waals surface area contributed by atoms with Gasteiger partial charge in [-0.25, -0.2) is 4.79 Å². The number of urea groups is 1. The SMILES string of the molecule is O=C(NCCCNc1cccnc1)Nc1ccccc1C1CC1. The average Bonchev–Trinajstić information content (AvgIpc) is 3.41. The molecule has 1 aromatic heterocycles. The molecule has 3 N–H and O–H groups in total. The van der Waals surface area contributed by atoms with E-state index in [1.807, 2.05) is 30.3 Å². The highest BCUT2D eigenvalue weighted by Crippen LogP contribution is 2.43. The van der Waals surface area contributed by atoms with Gasteiger partial charge < -0.3 is 16.0 Å². The molecule has 2 amide bonds. The fourth-order valence-corrected chi connectivity index (χ4v) is 2.52. The molecule has 0 saturated heterocycles. The summed E-state index contributed by atoms with van der Waals surface area (Å²) in [5.74, 6) is 0.621. The number of hydrogen-bond donors (Lipinski definition) is 3. The van der Waals surface area contributed by atoms with Crippen molar-refractivity contribution in [2.75, 3.05) is 23.7 Å². The zero-order valence-electron chi connectivity index (χ0n) is 13.1. The standard InChI is InChI=1S/C18H22N4O/c23-18(21-12-4-11-20-15-5-3-10-19-13-15)22-17-7-2-1-6-16(17)14-8-9-14/h1-3,5-7,10,13-14,20H,4,8-9,11-12H2,(H2,21,22,23). The van der Waals surface area contributed by atoms with E-state index in [4.69, 9.17) is 0 Å². The second kappa shape index (κ2) is 7.63. The summed E-state index contributed by atoms with van der Waals surface area (Å²) in [5.41, 5.74) is 3.18. The number of aromatic nitrogens is 1. The van der Waals surface area contributed by atoms with Gasteiger partial charge in [0.2, 0.25) is 0 Å². The van der Waals surface area contributed by atoms with E-state index in [0.29, 0.717) is 12.5 Å². The van der Waals surface area contributed by atoms with Crippen LogP contribution in [0.5, 0.6) is 0 Å². The molecular weight excluding hydrogens is 288 g/mol. The Kier molecular flexibility index (Phi) is 5.09. The van der Waals surface area contributed by atoms with E-state index >= 15 is 0 Å². The second-order valence-corrected chi connectivity index (χ2v) is 5.76. The maximum atomic E-state index is 12.0. The minimum absolute atomic E-state index is 0.139. The lowest BCUT2D eigenvalue weighted by atomic mass is 10.1. The first-order valence-electron chi connectivity index (χ1n) is 8.10. The van der Waals surface area contributed by atoms with Crippen LogP contribution >= 0.6 is 0 Å². The summed E-state index contributed by atoms with van der Waals surface area (Å²) in [4.78, 5) is 16.0. The van der Waals surface area contributed by atoms with Gasteiger partial charge >= 0.3 is 6.03 Å². The Labute approximate surface area is 136 Å². The number of anilines is 2. The molecule has 120 valence electrons. The van der Waals surface area contributed by atoms with Crippen LogP contribution in [-0.2, 0) is 0 Å². The van der Waals surface area contributed by atoms with E-state index in [1.54, 1.807) is 12.4 Å². The van der Waals surface area contributed by atoms with Gasteiger partial charge in [-0.2, -0.15) is 0 Å². The van der Waals surface area contributed by atoms with Gasteiger partial charge in [0, 0.05) is 31.2 Å². The van der Waals surface area contributed by atoms with Crippen LogP contribution in [0.4, 0.5) is 16.2 Å². The Hall–Kier alpha value is -2.56. The molecule has 3 rings (SSSR count). The molecule has 0 unspecified atom stereocenters. The van der Waals surface area contributed by atoms with Gasteiger partial charge in [0.25, 0.3) is 0 Å². The molecule has 0 atom stereocenters. The van der Waals surface area contributed by atoms with Crippen LogP contribution in [0.1, 0.15) is 30.7 Å². The number of carbonyl (C=O) groups excluding carboxylic acids is 1. The van der Waals surface area contributed by atoms with Crippen LogP contribution in [0, 0.1) is 0 Å². The maximum absolute atomic E-state index is 12.0. The molecule has 1 fully saturated rings. The first-order chi connectivity index (χ1) is 11.3. The Morgan fingerprint density at radius 1 is 1.13 bits per heavy atom. The first kappa shape index (κ1) is 15.3. The summed E-state index contributed by atoms with van der Waals surface area (Å²) < 4.78 is 0. The molecule has 1 aliphatic carbocycles. The van der Waals surface area contributed by atoms with E-state index in [0.717, 1.165) is 24.3 Å². The van der Waals surface area contributed by atoms with E-state index in [9.17, 15) is 4.79 Å². The predicted octanol–water partition coefficient (Wildman–Crippen LogP) is 3.58. The van der Waals surface area contributed by atoms with Crippen LogP contribution in [0.25, 0.3) is 0 Å². The van der Waals surface area contributed by atoms with Crippen LogP contribution in [0.15, 0.2) is 48.8 Å². The number of benzene rings is 1.